The largest absolute Gasteiger partial charge is 0.255 e. The van der Waals surface area contributed by atoms with E-state index < -0.39 is 0 Å². The Morgan fingerprint density at radius 1 is 0.808 bits per heavy atom. The summed E-state index contributed by atoms with van der Waals surface area (Å²) in [6.45, 7) is 18.2. The second kappa shape index (κ2) is 9.28. The predicted octanol–water partition coefficient (Wildman–Crippen LogP) is 4.28. The van der Waals surface area contributed by atoms with E-state index in [0.717, 1.165) is 16.0 Å². The average Bonchev–Trinajstić information content (AvgIpc) is 2.63. The van der Waals surface area contributed by atoms with Crippen LogP contribution in [0, 0.1) is 5.92 Å². The topological polar surface area (TPSA) is 24.7 Å². The molecule has 0 amide bonds. The van der Waals surface area contributed by atoms with Crippen molar-refractivity contribution < 1.29 is 0 Å². The minimum atomic E-state index is 0.253. The maximum Gasteiger partial charge on any atom is 0.0892 e. The molecule has 26 heavy (non-hydrogen) atoms. The van der Waals surface area contributed by atoms with Crippen LogP contribution in [0.15, 0.2) is 101 Å². The summed E-state index contributed by atoms with van der Waals surface area (Å²) < 4.78 is 0. The second-order valence-electron chi connectivity index (χ2n) is 6.12. The highest BCUT2D eigenvalue weighted by atomic mass is 14.8. The molecule has 0 spiro atoms. The fourth-order valence-corrected chi connectivity index (χ4v) is 2.20. The average molecular weight is 340 g/mol. The Bertz CT molecular complexity index is 973. The molecule has 2 heteroatoms. The summed E-state index contributed by atoms with van der Waals surface area (Å²) in [4.78, 5) is 9.07. The third-order valence-corrected chi connectivity index (χ3v) is 3.65. The molecule has 0 radical (unpaired) electrons. The smallest absolute Gasteiger partial charge is 0.0892 e. The fourth-order valence-electron chi connectivity index (χ4n) is 2.20. The Kier molecular flexibility index (Phi) is 6.81. The Morgan fingerprint density at radius 3 is 2.19 bits per heavy atom. The van der Waals surface area contributed by atoms with Gasteiger partial charge in [0.05, 0.1) is 23.3 Å². The molecular weight excluding hydrogens is 316 g/mol. The van der Waals surface area contributed by atoms with Gasteiger partial charge in [-0.1, -0.05) is 81.8 Å². The molecule has 1 aromatic carbocycles. The van der Waals surface area contributed by atoms with Gasteiger partial charge in [-0.3, -0.25) is 4.99 Å². The summed E-state index contributed by atoms with van der Waals surface area (Å²) in [5.74, 6) is 0.253. The Hall–Kier alpha value is -3.26. The van der Waals surface area contributed by atoms with Crippen molar-refractivity contribution in [2.24, 2.45) is 15.9 Å². The first kappa shape index (κ1) is 19.1. The van der Waals surface area contributed by atoms with Crippen LogP contribution in [0.2, 0.25) is 0 Å². The highest BCUT2D eigenvalue weighted by molar-refractivity contribution is 6.38. The molecule has 1 aromatic rings. The van der Waals surface area contributed by atoms with E-state index >= 15 is 0 Å². The molecule has 2 rings (SSSR count). The number of allylic oxidation sites excluding steroid dienone is 4. The van der Waals surface area contributed by atoms with Gasteiger partial charge in [-0.2, -0.15) is 0 Å². The van der Waals surface area contributed by atoms with Gasteiger partial charge in [0.25, 0.3) is 0 Å². The van der Waals surface area contributed by atoms with E-state index in [0.29, 0.717) is 17.1 Å². The van der Waals surface area contributed by atoms with Crippen molar-refractivity contribution >= 4 is 25.1 Å². The first-order valence-electron chi connectivity index (χ1n) is 8.44. The molecule has 0 saturated heterocycles. The second-order valence-corrected chi connectivity index (χ2v) is 6.12. The van der Waals surface area contributed by atoms with Crippen LogP contribution in [0.3, 0.4) is 0 Å². The lowest BCUT2D eigenvalue weighted by Crippen LogP contribution is -2.07. The van der Waals surface area contributed by atoms with Crippen LogP contribution in [-0.4, -0.2) is 11.9 Å². The predicted molar refractivity (Wildman–Crippen MR) is 115 cm³/mol. The van der Waals surface area contributed by atoms with Gasteiger partial charge in [-0.05, 0) is 34.6 Å². The minimum absolute atomic E-state index is 0.253. The maximum absolute atomic E-state index is 4.64. The molecule has 1 aliphatic heterocycles. The van der Waals surface area contributed by atoms with Crippen molar-refractivity contribution in [2.45, 2.75) is 6.92 Å². The van der Waals surface area contributed by atoms with Crippen molar-refractivity contribution in [2.75, 3.05) is 0 Å². The van der Waals surface area contributed by atoms with E-state index in [1.807, 2.05) is 66.8 Å². The van der Waals surface area contributed by atoms with E-state index in [9.17, 15) is 0 Å². The van der Waals surface area contributed by atoms with Gasteiger partial charge >= 0.3 is 0 Å². The standard InChI is InChI=1S/C24H24N2/c1-18-8-6-7-9-20(3)16-23(15-12-18)24-17-25-21(4)13-10-19(2)11-14-22(5)26-24/h6-17,19H,1,3-5H2,2H3/b8-6?,9-7?,13-10-,14-11-,15-12?,23-16?,25-17-,26-24+. The highest BCUT2D eigenvalue weighted by Gasteiger charge is 2.02. The lowest BCUT2D eigenvalue weighted by Gasteiger charge is -2.01. The van der Waals surface area contributed by atoms with Crippen LogP contribution in [0.5, 0.6) is 0 Å². The Morgan fingerprint density at radius 2 is 1.46 bits per heavy atom. The normalized spacial score (nSPS) is 23.0. The molecule has 1 atom stereocenters. The summed E-state index contributed by atoms with van der Waals surface area (Å²) >= 11 is 0. The Labute approximate surface area is 155 Å². The highest BCUT2D eigenvalue weighted by Crippen LogP contribution is 2.09. The third-order valence-electron chi connectivity index (χ3n) is 3.65. The van der Waals surface area contributed by atoms with Crippen molar-refractivity contribution in [3.05, 3.63) is 107 Å². The number of hydrogen-bond donors (Lipinski definition) is 0. The van der Waals surface area contributed by atoms with Gasteiger partial charge in [-0.15, -0.1) is 0 Å². The molecule has 0 aliphatic carbocycles. The van der Waals surface area contributed by atoms with Crippen molar-refractivity contribution in [3.8, 4) is 0 Å². The van der Waals surface area contributed by atoms with Crippen LogP contribution >= 0.6 is 0 Å². The fraction of sp³-hybridized carbons (Fsp3) is 0.0833. The SMILES string of the molecule is C=C1/C=C\C(C)/C=C\C(=C)/N=C(c2ccc(=C)ccccc(=C)c2)\C=N/1. The van der Waals surface area contributed by atoms with E-state index in [2.05, 4.69) is 43.2 Å². The van der Waals surface area contributed by atoms with Gasteiger partial charge < -0.3 is 0 Å². The van der Waals surface area contributed by atoms with Crippen LogP contribution in [0.1, 0.15) is 12.5 Å². The number of rotatable bonds is 1. The minimum Gasteiger partial charge on any atom is -0.255 e. The molecule has 0 saturated carbocycles. The molecule has 0 N–H and O–H groups in total. The van der Waals surface area contributed by atoms with Crippen molar-refractivity contribution in [1.82, 2.24) is 0 Å². The van der Waals surface area contributed by atoms with Gasteiger partial charge in [0.1, 0.15) is 0 Å². The van der Waals surface area contributed by atoms with Crippen LogP contribution in [-0.2, 0) is 0 Å². The quantitative estimate of drug-likeness (QED) is 0.729. The molecule has 130 valence electrons. The zero-order valence-electron chi connectivity index (χ0n) is 15.2. The molecule has 1 heterocycles. The summed E-state index contributed by atoms with van der Waals surface area (Å²) in [7, 11) is 0. The zero-order valence-corrected chi connectivity index (χ0v) is 15.2. The van der Waals surface area contributed by atoms with Gasteiger partial charge in [-0.25, -0.2) is 4.99 Å². The van der Waals surface area contributed by atoms with E-state index in [-0.39, 0.29) is 5.92 Å². The molecule has 2 nitrogen and oxygen atoms in total. The van der Waals surface area contributed by atoms with Gasteiger partial charge in [0.2, 0.25) is 0 Å². The molecule has 0 fully saturated rings. The van der Waals surface area contributed by atoms with E-state index in [1.165, 1.54) is 0 Å². The Balaban J connectivity index is 2.67. The lowest BCUT2D eigenvalue weighted by atomic mass is 10.1. The van der Waals surface area contributed by atoms with Gasteiger partial charge in [0, 0.05) is 5.56 Å². The number of hydrogen-bond acceptors (Lipinski definition) is 2. The van der Waals surface area contributed by atoms with Crippen LogP contribution < -0.4 is 10.4 Å². The summed E-state index contributed by atoms with van der Waals surface area (Å²) in [5, 5.41) is 1.75. The van der Waals surface area contributed by atoms with E-state index in [4.69, 9.17) is 0 Å². The molecule has 0 aromatic heterocycles. The van der Waals surface area contributed by atoms with Crippen LogP contribution in [0.4, 0.5) is 0 Å². The van der Waals surface area contributed by atoms with Gasteiger partial charge in [0.15, 0.2) is 0 Å². The summed E-state index contributed by atoms with van der Waals surface area (Å²) in [6.07, 6.45) is 9.62. The lowest BCUT2D eigenvalue weighted by molar-refractivity contribution is 0.936. The van der Waals surface area contributed by atoms with Crippen LogP contribution in [0.25, 0.3) is 13.2 Å². The van der Waals surface area contributed by atoms with Crippen molar-refractivity contribution in [3.63, 3.8) is 0 Å². The van der Waals surface area contributed by atoms with E-state index in [1.54, 1.807) is 6.21 Å². The molecular formula is C24H24N2. The number of aliphatic imine (C=N–C) groups is 2. The monoisotopic (exact) mass is 340 g/mol. The number of nitrogens with zero attached hydrogens (tertiary/aromatic N) is 2. The molecule has 1 aliphatic rings. The zero-order chi connectivity index (χ0) is 18.9. The first-order valence-corrected chi connectivity index (χ1v) is 8.44. The maximum atomic E-state index is 4.64. The third kappa shape index (κ3) is 6.33. The summed E-state index contributed by atoms with van der Waals surface area (Å²) in [6, 6.07) is 13.6. The molecule has 1 unspecified atom stereocenters. The van der Waals surface area contributed by atoms with Crippen molar-refractivity contribution in [1.29, 1.82) is 0 Å². The first-order chi connectivity index (χ1) is 12.4. The summed E-state index contributed by atoms with van der Waals surface area (Å²) in [5.41, 5.74) is 2.89. The molecule has 0 bridgehead atoms.